The monoisotopic (exact) mass is 556 g/mol. The van der Waals surface area contributed by atoms with Gasteiger partial charge in [-0.05, 0) is 55.0 Å². The third kappa shape index (κ3) is 4.22. The van der Waals surface area contributed by atoms with Gasteiger partial charge in [-0.25, -0.2) is 0 Å². The number of nitrogens with one attached hydrogen (secondary N) is 2. The number of aromatic amines is 2. The Bertz CT molecular complexity index is 2450. The first-order chi connectivity index (χ1) is 21.2. The first kappa shape index (κ1) is 25.2. The Morgan fingerprint density at radius 2 is 1.16 bits per heavy atom. The lowest BCUT2D eigenvalue weighted by molar-refractivity contribution is -0.635. The Kier molecular flexibility index (Phi) is 5.93. The van der Waals surface area contributed by atoms with Crippen LogP contribution in [0.25, 0.3) is 65.7 Å². The van der Waals surface area contributed by atoms with Crippen molar-refractivity contribution in [3.8, 4) is 0 Å². The number of benzene rings is 5. The summed E-state index contributed by atoms with van der Waals surface area (Å²) in [4.78, 5) is 7.13. The van der Waals surface area contributed by atoms with E-state index in [0.29, 0.717) is 0 Å². The Morgan fingerprint density at radius 1 is 0.535 bits per heavy atom. The number of H-pyrrole nitrogens is 2. The maximum Gasteiger partial charge on any atom is 0.239 e. The van der Waals surface area contributed by atoms with Crippen LogP contribution < -0.4 is 9.13 Å². The van der Waals surface area contributed by atoms with Crippen molar-refractivity contribution in [3.63, 3.8) is 0 Å². The van der Waals surface area contributed by atoms with Gasteiger partial charge in [0.15, 0.2) is 6.54 Å². The van der Waals surface area contributed by atoms with Crippen molar-refractivity contribution in [3.05, 3.63) is 145 Å². The summed E-state index contributed by atoms with van der Waals surface area (Å²) in [5.41, 5.74) is 12.5. The average molecular weight is 557 g/mol. The molecule has 0 radical (unpaired) electrons. The summed E-state index contributed by atoms with van der Waals surface area (Å²) in [5, 5.41) is 5.09. The molecule has 9 rings (SSSR count). The number of para-hydroxylation sites is 4. The molecular formula is C39H32N4+2. The molecule has 0 aliphatic heterocycles. The lowest BCUT2D eigenvalue weighted by Crippen LogP contribution is -2.36. The van der Waals surface area contributed by atoms with Gasteiger partial charge < -0.3 is 9.97 Å². The molecule has 43 heavy (non-hydrogen) atoms. The zero-order valence-electron chi connectivity index (χ0n) is 24.3. The van der Waals surface area contributed by atoms with Gasteiger partial charge in [0.25, 0.3) is 0 Å². The Labute approximate surface area is 249 Å². The predicted molar refractivity (Wildman–Crippen MR) is 178 cm³/mol. The third-order valence-corrected chi connectivity index (χ3v) is 8.66. The predicted octanol–water partition coefficient (Wildman–Crippen LogP) is 8.42. The number of fused-ring (bicyclic) bond motifs is 8. The first-order valence-electron chi connectivity index (χ1n) is 14.8. The van der Waals surface area contributed by atoms with Crippen molar-refractivity contribution < 1.29 is 9.13 Å². The van der Waals surface area contributed by atoms with E-state index in [0.717, 1.165) is 6.54 Å². The molecule has 4 heterocycles. The van der Waals surface area contributed by atoms with Crippen molar-refractivity contribution in [1.82, 2.24) is 9.97 Å². The molecule has 4 aromatic heterocycles. The van der Waals surface area contributed by atoms with E-state index in [1.54, 1.807) is 0 Å². The molecule has 9 aromatic rings. The molecule has 2 N–H and O–H groups in total. The van der Waals surface area contributed by atoms with Crippen molar-refractivity contribution in [2.45, 2.75) is 13.5 Å². The largest absolute Gasteiger partial charge is 0.349 e. The molecule has 0 aliphatic carbocycles. The number of pyridine rings is 2. The van der Waals surface area contributed by atoms with Crippen LogP contribution in [-0.4, -0.2) is 9.97 Å². The molecule has 5 aromatic carbocycles. The Balaban J connectivity index is 0.000000133. The van der Waals surface area contributed by atoms with Crippen LogP contribution in [0.5, 0.6) is 0 Å². The number of hydrogen-bond donors (Lipinski definition) is 2. The van der Waals surface area contributed by atoms with Crippen LogP contribution in [0, 0.1) is 6.92 Å². The highest BCUT2D eigenvalue weighted by molar-refractivity contribution is 6.07. The standard InChI is InChI=1S/C22H16N2.C17H14N2/c1-2-8-16(9-3-1)15-24-21-13-7-4-10-17(21)14-20-22(24)18-11-5-6-12-19(18)23-20;1-11-6-5-8-13-16(11)18-14-10-12-7-3-4-9-15(12)19(2)17(13)14/h1-14H,15H2;3-10H,1-2H3/p+2. The van der Waals surface area contributed by atoms with Gasteiger partial charge in [0, 0.05) is 28.5 Å². The molecule has 0 unspecified atom stereocenters. The summed E-state index contributed by atoms with van der Waals surface area (Å²) in [6.07, 6.45) is 0. The van der Waals surface area contributed by atoms with E-state index in [1.165, 1.54) is 76.8 Å². The third-order valence-electron chi connectivity index (χ3n) is 8.66. The fourth-order valence-corrected chi connectivity index (χ4v) is 6.63. The minimum Gasteiger partial charge on any atom is -0.349 e. The van der Waals surface area contributed by atoms with E-state index in [9.17, 15) is 0 Å². The van der Waals surface area contributed by atoms with Gasteiger partial charge in [-0.1, -0.05) is 78.9 Å². The molecule has 4 nitrogen and oxygen atoms in total. The Hall–Kier alpha value is -5.48. The maximum atomic E-state index is 3.58. The number of aryl methyl sites for hydroxylation is 2. The van der Waals surface area contributed by atoms with Gasteiger partial charge in [-0.3, -0.25) is 0 Å². The van der Waals surface area contributed by atoms with Gasteiger partial charge in [-0.2, -0.15) is 9.13 Å². The van der Waals surface area contributed by atoms with Gasteiger partial charge >= 0.3 is 0 Å². The summed E-state index contributed by atoms with van der Waals surface area (Å²) in [7, 11) is 2.14. The fourth-order valence-electron chi connectivity index (χ4n) is 6.63. The minimum absolute atomic E-state index is 0.862. The van der Waals surface area contributed by atoms with Crippen molar-refractivity contribution >= 4 is 65.7 Å². The molecule has 0 spiro atoms. The lowest BCUT2D eigenvalue weighted by Gasteiger charge is -2.04. The second-order valence-electron chi connectivity index (χ2n) is 11.4. The van der Waals surface area contributed by atoms with Gasteiger partial charge in [0.2, 0.25) is 22.1 Å². The minimum atomic E-state index is 0.862. The summed E-state index contributed by atoms with van der Waals surface area (Å²) < 4.78 is 4.71. The quantitative estimate of drug-likeness (QED) is 0.201. The summed E-state index contributed by atoms with van der Waals surface area (Å²) in [5.74, 6) is 0. The van der Waals surface area contributed by atoms with Gasteiger partial charge in [0.05, 0.1) is 21.8 Å². The van der Waals surface area contributed by atoms with Crippen molar-refractivity contribution in [2.75, 3.05) is 0 Å². The molecule has 0 aliphatic rings. The molecule has 0 bridgehead atoms. The highest BCUT2D eigenvalue weighted by Gasteiger charge is 2.20. The summed E-state index contributed by atoms with van der Waals surface area (Å²) in [6.45, 7) is 3.01. The first-order valence-corrected chi connectivity index (χ1v) is 14.8. The number of hydrogen-bond acceptors (Lipinski definition) is 0. The molecule has 0 atom stereocenters. The molecule has 4 heteroatoms. The van der Waals surface area contributed by atoms with Crippen LogP contribution >= 0.6 is 0 Å². The highest BCUT2D eigenvalue weighted by Crippen LogP contribution is 2.28. The molecule has 206 valence electrons. The van der Waals surface area contributed by atoms with Crippen LogP contribution in [0.3, 0.4) is 0 Å². The average Bonchev–Trinajstić information content (AvgIpc) is 3.61. The second-order valence-corrected chi connectivity index (χ2v) is 11.4. The summed E-state index contributed by atoms with van der Waals surface area (Å²) in [6, 6.07) is 47.3. The van der Waals surface area contributed by atoms with Crippen molar-refractivity contribution in [2.24, 2.45) is 7.05 Å². The SMILES string of the molecule is Cc1cccc2c1[nH]c1cc3ccccc3[n+](C)c12.c1ccc(C[n+]2c3ccccc3cc3[nH]c4ccccc4c32)cc1. The van der Waals surface area contributed by atoms with E-state index < -0.39 is 0 Å². The zero-order valence-corrected chi connectivity index (χ0v) is 24.3. The van der Waals surface area contributed by atoms with E-state index in [-0.39, 0.29) is 0 Å². The highest BCUT2D eigenvalue weighted by atomic mass is 15.0. The molecule has 0 saturated heterocycles. The zero-order chi connectivity index (χ0) is 28.9. The number of aromatic nitrogens is 4. The van der Waals surface area contributed by atoms with Gasteiger partial charge in [0.1, 0.15) is 18.1 Å². The van der Waals surface area contributed by atoms with Crippen LogP contribution in [-0.2, 0) is 13.6 Å². The maximum absolute atomic E-state index is 3.58. The van der Waals surface area contributed by atoms with Gasteiger partial charge in [-0.15, -0.1) is 0 Å². The van der Waals surface area contributed by atoms with Crippen LogP contribution in [0.4, 0.5) is 0 Å². The van der Waals surface area contributed by atoms with E-state index in [2.05, 4.69) is 167 Å². The number of nitrogens with zero attached hydrogens (tertiary/aromatic N) is 2. The normalized spacial score (nSPS) is 11.6. The van der Waals surface area contributed by atoms with Crippen molar-refractivity contribution in [1.29, 1.82) is 0 Å². The molecule has 0 fully saturated rings. The second kappa shape index (κ2) is 10.1. The fraction of sp³-hybridized carbons (Fsp3) is 0.0769. The van der Waals surface area contributed by atoms with E-state index in [1.807, 2.05) is 0 Å². The summed E-state index contributed by atoms with van der Waals surface area (Å²) >= 11 is 0. The molecule has 0 saturated carbocycles. The van der Waals surface area contributed by atoms with Crippen LogP contribution in [0.1, 0.15) is 11.1 Å². The lowest BCUT2D eigenvalue weighted by atomic mass is 10.1. The molecule has 0 amide bonds. The smallest absolute Gasteiger partial charge is 0.239 e. The molecular weight excluding hydrogens is 524 g/mol. The van der Waals surface area contributed by atoms with E-state index >= 15 is 0 Å². The van der Waals surface area contributed by atoms with Crippen LogP contribution in [0.2, 0.25) is 0 Å². The topological polar surface area (TPSA) is 39.3 Å². The number of rotatable bonds is 2. The van der Waals surface area contributed by atoms with E-state index in [4.69, 9.17) is 0 Å². The Morgan fingerprint density at radius 3 is 1.98 bits per heavy atom. The van der Waals surface area contributed by atoms with Crippen LogP contribution in [0.15, 0.2) is 133 Å².